The molecule has 0 saturated carbocycles. The number of aromatic nitrogens is 1. The van der Waals surface area contributed by atoms with Crippen LogP contribution in [0.15, 0.2) is 40.1 Å². The number of piperidine rings is 1. The van der Waals surface area contributed by atoms with E-state index < -0.39 is 0 Å². The average Bonchev–Trinajstić information content (AvgIpc) is 3.45. The first-order valence-corrected chi connectivity index (χ1v) is 12.0. The summed E-state index contributed by atoms with van der Waals surface area (Å²) >= 11 is 1.55. The van der Waals surface area contributed by atoms with Gasteiger partial charge in [-0.25, -0.2) is 4.98 Å². The highest BCUT2D eigenvalue weighted by Gasteiger charge is 2.31. The van der Waals surface area contributed by atoms with Gasteiger partial charge in [0.1, 0.15) is 11.3 Å². The van der Waals surface area contributed by atoms with Crippen LogP contribution in [0.3, 0.4) is 0 Å². The number of ether oxygens (including phenoxy) is 1. The topological polar surface area (TPSA) is 75.9 Å². The fraction of sp³-hybridized carbons (Fsp3) is 0.458. The second-order valence-electron chi connectivity index (χ2n) is 8.75. The Morgan fingerprint density at radius 2 is 1.75 bits per heavy atom. The molecule has 1 aromatic carbocycles. The Bertz CT molecular complexity index is 1090. The van der Waals surface area contributed by atoms with Crippen molar-refractivity contribution >= 4 is 34.1 Å². The molecule has 0 N–H and O–H groups in total. The van der Waals surface area contributed by atoms with Gasteiger partial charge < -0.3 is 19.0 Å². The van der Waals surface area contributed by atoms with Crippen molar-refractivity contribution in [3.8, 4) is 0 Å². The number of rotatable bonds is 3. The number of thiazole rings is 1. The molecular formula is C24H27N3O4S. The number of morpholine rings is 1. The molecule has 2 amide bonds. The third-order valence-corrected chi connectivity index (χ3v) is 7.22. The summed E-state index contributed by atoms with van der Waals surface area (Å²) in [6.45, 7) is 6.48. The Labute approximate surface area is 191 Å². The highest BCUT2D eigenvalue weighted by Crippen LogP contribution is 2.32. The summed E-state index contributed by atoms with van der Waals surface area (Å²) in [5, 5.41) is 3.79. The molecule has 2 unspecified atom stereocenters. The molecule has 2 aromatic heterocycles. The molecule has 2 aliphatic heterocycles. The van der Waals surface area contributed by atoms with Crippen LogP contribution in [0.4, 0.5) is 0 Å². The van der Waals surface area contributed by atoms with Gasteiger partial charge in [0.2, 0.25) is 0 Å². The molecular weight excluding hydrogens is 426 g/mol. The molecule has 2 aliphatic rings. The maximum absolute atomic E-state index is 12.9. The number of hydrogen-bond donors (Lipinski definition) is 0. The predicted molar refractivity (Wildman–Crippen MR) is 122 cm³/mol. The Kier molecular flexibility index (Phi) is 5.73. The highest BCUT2D eigenvalue weighted by molar-refractivity contribution is 7.09. The van der Waals surface area contributed by atoms with Crippen LogP contribution < -0.4 is 0 Å². The molecule has 168 valence electrons. The van der Waals surface area contributed by atoms with E-state index >= 15 is 0 Å². The Balaban J connectivity index is 1.21. The monoisotopic (exact) mass is 453 g/mol. The van der Waals surface area contributed by atoms with Gasteiger partial charge in [0, 0.05) is 42.9 Å². The largest absolute Gasteiger partial charge is 0.451 e. The van der Waals surface area contributed by atoms with E-state index in [4.69, 9.17) is 9.15 Å². The molecule has 2 saturated heterocycles. The van der Waals surface area contributed by atoms with Crippen LogP contribution in [-0.2, 0) is 4.74 Å². The van der Waals surface area contributed by atoms with Crippen molar-refractivity contribution in [3.63, 3.8) is 0 Å². The number of furan rings is 1. The number of carbonyl (C=O) groups excluding carboxylic acids is 2. The normalized spacial score (nSPS) is 22.4. The summed E-state index contributed by atoms with van der Waals surface area (Å²) in [6.07, 6.45) is 1.74. The predicted octanol–water partition coefficient (Wildman–Crippen LogP) is 4.16. The Morgan fingerprint density at radius 3 is 2.47 bits per heavy atom. The molecule has 32 heavy (non-hydrogen) atoms. The van der Waals surface area contributed by atoms with Crippen LogP contribution in [-0.4, -0.2) is 65.0 Å². The van der Waals surface area contributed by atoms with Crippen LogP contribution >= 0.6 is 11.3 Å². The number of benzene rings is 1. The minimum absolute atomic E-state index is 0.0213. The molecule has 0 aliphatic carbocycles. The van der Waals surface area contributed by atoms with E-state index in [2.05, 4.69) is 4.98 Å². The molecule has 0 spiro atoms. The van der Waals surface area contributed by atoms with Gasteiger partial charge in [-0.05, 0) is 38.8 Å². The summed E-state index contributed by atoms with van der Waals surface area (Å²) < 4.78 is 11.5. The average molecular weight is 454 g/mol. The van der Waals surface area contributed by atoms with Crippen molar-refractivity contribution in [3.05, 3.63) is 52.2 Å². The third-order valence-electron chi connectivity index (χ3n) is 6.22. The van der Waals surface area contributed by atoms with E-state index in [0.717, 1.165) is 28.8 Å². The van der Waals surface area contributed by atoms with E-state index in [0.29, 0.717) is 37.6 Å². The summed E-state index contributed by atoms with van der Waals surface area (Å²) in [5.41, 5.74) is 1.25. The molecule has 4 heterocycles. The third kappa shape index (κ3) is 4.17. The number of amides is 2. The number of carbonyl (C=O) groups is 2. The van der Waals surface area contributed by atoms with Crippen molar-refractivity contribution in [2.45, 2.75) is 44.8 Å². The first-order chi connectivity index (χ1) is 15.5. The van der Waals surface area contributed by atoms with Crippen molar-refractivity contribution in [2.75, 3.05) is 26.2 Å². The molecule has 2 fully saturated rings. The molecule has 3 aromatic rings. The van der Waals surface area contributed by atoms with Gasteiger partial charge in [0.15, 0.2) is 5.76 Å². The number of likely N-dealkylation sites (tertiary alicyclic amines) is 1. The van der Waals surface area contributed by atoms with E-state index in [1.165, 1.54) is 0 Å². The zero-order chi connectivity index (χ0) is 22.2. The van der Waals surface area contributed by atoms with E-state index in [1.54, 1.807) is 11.3 Å². The first kappa shape index (κ1) is 21.2. The standard InChI is InChI=1S/C24H27N3O4S/c1-15-12-27(13-16(2)30-15)23(28)19-14-32-22(25-19)17-7-9-26(10-8-17)24(29)21-11-18-5-3-4-6-20(18)31-21/h3-6,11,14-17H,7-10,12-13H2,1-2H3. The maximum atomic E-state index is 12.9. The van der Waals surface area contributed by atoms with Crippen molar-refractivity contribution in [1.82, 2.24) is 14.8 Å². The van der Waals surface area contributed by atoms with Gasteiger partial charge in [-0.3, -0.25) is 9.59 Å². The zero-order valence-electron chi connectivity index (χ0n) is 18.3. The van der Waals surface area contributed by atoms with Crippen molar-refractivity contribution < 1.29 is 18.7 Å². The second-order valence-corrected chi connectivity index (χ2v) is 9.64. The summed E-state index contributed by atoms with van der Waals surface area (Å²) in [6, 6.07) is 9.47. The minimum Gasteiger partial charge on any atom is -0.451 e. The van der Waals surface area contributed by atoms with Gasteiger partial charge >= 0.3 is 0 Å². The zero-order valence-corrected chi connectivity index (χ0v) is 19.1. The molecule has 2 atom stereocenters. The molecule has 0 radical (unpaired) electrons. The molecule has 5 rings (SSSR count). The van der Waals surface area contributed by atoms with Crippen LogP contribution in [0.5, 0.6) is 0 Å². The lowest BCUT2D eigenvalue weighted by atomic mass is 9.97. The van der Waals surface area contributed by atoms with Crippen LogP contribution in [0.1, 0.15) is 58.7 Å². The Morgan fingerprint density at radius 1 is 1.03 bits per heavy atom. The Hall–Kier alpha value is -2.71. The lowest BCUT2D eigenvalue weighted by Gasteiger charge is -2.34. The second kappa shape index (κ2) is 8.67. The van der Waals surface area contributed by atoms with Gasteiger partial charge in [-0.1, -0.05) is 18.2 Å². The fourth-order valence-corrected chi connectivity index (χ4v) is 5.62. The van der Waals surface area contributed by atoms with E-state index in [-0.39, 0.29) is 29.9 Å². The van der Waals surface area contributed by atoms with Gasteiger partial charge in [-0.2, -0.15) is 0 Å². The molecule has 0 bridgehead atoms. The fourth-order valence-electron chi connectivity index (χ4n) is 4.65. The number of fused-ring (bicyclic) bond motifs is 1. The summed E-state index contributed by atoms with van der Waals surface area (Å²) in [4.78, 5) is 34.2. The summed E-state index contributed by atoms with van der Waals surface area (Å²) in [7, 11) is 0. The molecule has 7 nitrogen and oxygen atoms in total. The molecule has 8 heteroatoms. The number of nitrogens with zero attached hydrogens (tertiary/aromatic N) is 3. The number of hydrogen-bond acceptors (Lipinski definition) is 6. The van der Waals surface area contributed by atoms with Crippen LogP contribution in [0.2, 0.25) is 0 Å². The SMILES string of the molecule is CC1CN(C(=O)c2csc(C3CCN(C(=O)c4cc5ccccc5o4)CC3)n2)CC(C)O1. The first-order valence-electron chi connectivity index (χ1n) is 11.2. The highest BCUT2D eigenvalue weighted by atomic mass is 32.1. The van der Waals surface area contributed by atoms with E-state index in [1.807, 2.05) is 59.4 Å². The van der Waals surface area contributed by atoms with Gasteiger partial charge in [-0.15, -0.1) is 11.3 Å². The lowest BCUT2D eigenvalue weighted by molar-refractivity contribution is -0.0587. The lowest BCUT2D eigenvalue weighted by Crippen LogP contribution is -2.48. The van der Waals surface area contributed by atoms with Gasteiger partial charge in [0.25, 0.3) is 11.8 Å². The maximum Gasteiger partial charge on any atom is 0.289 e. The van der Waals surface area contributed by atoms with Crippen LogP contribution in [0, 0.1) is 0 Å². The van der Waals surface area contributed by atoms with Crippen molar-refractivity contribution in [2.24, 2.45) is 0 Å². The van der Waals surface area contributed by atoms with Gasteiger partial charge in [0.05, 0.1) is 17.2 Å². The quantitative estimate of drug-likeness (QED) is 0.595. The number of para-hydroxylation sites is 1. The van der Waals surface area contributed by atoms with Crippen molar-refractivity contribution in [1.29, 1.82) is 0 Å². The van der Waals surface area contributed by atoms with E-state index in [9.17, 15) is 9.59 Å². The summed E-state index contributed by atoms with van der Waals surface area (Å²) in [5.74, 6) is 0.571. The smallest absolute Gasteiger partial charge is 0.289 e. The minimum atomic E-state index is -0.0646. The van der Waals surface area contributed by atoms with Crippen LogP contribution in [0.25, 0.3) is 11.0 Å².